The van der Waals surface area contributed by atoms with E-state index in [-0.39, 0.29) is 0 Å². The van der Waals surface area contributed by atoms with E-state index in [1.807, 2.05) is 0 Å². The van der Waals surface area contributed by atoms with Gasteiger partial charge in [0.25, 0.3) is 0 Å². The third-order valence-corrected chi connectivity index (χ3v) is 4.56. The van der Waals surface area contributed by atoms with Gasteiger partial charge in [-0.3, -0.25) is 4.90 Å². The Kier molecular flexibility index (Phi) is 3.73. The Labute approximate surface area is 120 Å². The van der Waals surface area contributed by atoms with Gasteiger partial charge in [0.05, 0.1) is 4.47 Å². The maximum absolute atomic E-state index is 5.88. The summed E-state index contributed by atoms with van der Waals surface area (Å²) in [6.07, 6.45) is 5.64. The minimum atomic E-state index is 0.317. The van der Waals surface area contributed by atoms with Crippen LogP contribution >= 0.6 is 27.5 Å². The lowest BCUT2D eigenvalue weighted by molar-refractivity contribution is 0.260. The lowest BCUT2D eigenvalue weighted by Gasteiger charge is -2.24. The molecule has 98 valence electrons. The van der Waals surface area contributed by atoms with Crippen LogP contribution in [-0.4, -0.2) is 47.1 Å². The molecule has 6 heteroatoms. The van der Waals surface area contributed by atoms with Crippen LogP contribution in [0.5, 0.6) is 0 Å². The first-order chi connectivity index (χ1) is 8.74. The van der Waals surface area contributed by atoms with Crippen molar-refractivity contribution in [3.8, 4) is 0 Å². The predicted molar refractivity (Wildman–Crippen MR) is 76.2 cm³/mol. The first kappa shape index (κ1) is 12.6. The van der Waals surface area contributed by atoms with Crippen LogP contribution in [0.1, 0.15) is 19.3 Å². The average Bonchev–Trinajstić information content (AvgIpc) is 3.00. The first-order valence-electron chi connectivity index (χ1n) is 6.41. The van der Waals surface area contributed by atoms with E-state index in [0.29, 0.717) is 11.3 Å². The molecule has 0 spiro atoms. The lowest BCUT2D eigenvalue weighted by atomic mass is 10.2. The second kappa shape index (κ2) is 5.31. The highest BCUT2D eigenvalue weighted by Crippen LogP contribution is 2.29. The molecule has 0 saturated carbocycles. The molecule has 0 aliphatic carbocycles. The van der Waals surface area contributed by atoms with Crippen molar-refractivity contribution in [2.75, 3.05) is 31.1 Å². The van der Waals surface area contributed by atoms with E-state index >= 15 is 0 Å². The van der Waals surface area contributed by atoms with Crippen LogP contribution in [0.4, 0.5) is 5.82 Å². The molecule has 1 atom stereocenters. The van der Waals surface area contributed by atoms with E-state index < -0.39 is 0 Å². The second-order valence-electron chi connectivity index (χ2n) is 4.94. The molecule has 2 saturated heterocycles. The highest BCUT2D eigenvalue weighted by atomic mass is 79.9. The Morgan fingerprint density at radius 1 is 1.28 bits per heavy atom. The van der Waals surface area contributed by atoms with Crippen molar-refractivity contribution in [2.45, 2.75) is 25.3 Å². The van der Waals surface area contributed by atoms with Gasteiger partial charge in [0.2, 0.25) is 5.28 Å². The van der Waals surface area contributed by atoms with E-state index in [0.717, 1.165) is 23.4 Å². The van der Waals surface area contributed by atoms with Crippen LogP contribution in [0.3, 0.4) is 0 Å². The van der Waals surface area contributed by atoms with Gasteiger partial charge in [-0.2, -0.15) is 4.98 Å². The molecule has 2 aliphatic rings. The molecular weight excluding hydrogens is 316 g/mol. The van der Waals surface area contributed by atoms with E-state index in [4.69, 9.17) is 11.6 Å². The van der Waals surface area contributed by atoms with Crippen molar-refractivity contribution in [2.24, 2.45) is 0 Å². The molecule has 4 nitrogen and oxygen atoms in total. The van der Waals surface area contributed by atoms with Gasteiger partial charge < -0.3 is 4.90 Å². The Balaban J connectivity index is 1.72. The summed E-state index contributed by atoms with van der Waals surface area (Å²) in [4.78, 5) is 13.2. The van der Waals surface area contributed by atoms with E-state index in [2.05, 4.69) is 35.7 Å². The van der Waals surface area contributed by atoms with Gasteiger partial charge in [-0.05, 0) is 59.9 Å². The van der Waals surface area contributed by atoms with Crippen LogP contribution in [-0.2, 0) is 0 Å². The fraction of sp³-hybridized carbons (Fsp3) is 0.667. The molecule has 0 N–H and O–H groups in total. The van der Waals surface area contributed by atoms with Crippen LogP contribution in [0.25, 0.3) is 0 Å². The molecule has 0 radical (unpaired) electrons. The monoisotopic (exact) mass is 330 g/mol. The number of aromatic nitrogens is 2. The number of rotatable bonds is 2. The number of halogens is 2. The normalized spacial score (nSPS) is 25.0. The van der Waals surface area contributed by atoms with Crippen molar-refractivity contribution < 1.29 is 0 Å². The summed E-state index contributed by atoms with van der Waals surface area (Å²) in [5, 5.41) is 0.317. The fourth-order valence-corrected chi connectivity index (χ4v) is 3.47. The topological polar surface area (TPSA) is 32.3 Å². The number of likely N-dealkylation sites (tertiary alicyclic amines) is 1. The molecule has 2 aliphatic heterocycles. The number of nitrogens with zero attached hydrogens (tertiary/aromatic N) is 4. The van der Waals surface area contributed by atoms with Crippen LogP contribution in [0, 0.1) is 0 Å². The molecule has 2 fully saturated rings. The second-order valence-corrected chi connectivity index (χ2v) is 6.13. The Morgan fingerprint density at radius 3 is 2.83 bits per heavy atom. The number of hydrogen-bond acceptors (Lipinski definition) is 4. The summed E-state index contributed by atoms with van der Waals surface area (Å²) in [6, 6.07) is 0.674. The Morgan fingerprint density at radius 2 is 2.06 bits per heavy atom. The van der Waals surface area contributed by atoms with Crippen molar-refractivity contribution in [1.82, 2.24) is 14.9 Å². The summed E-state index contributed by atoms with van der Waals surface area (Å²) in [7, 11) is 0. The highest BCUT2D eigenvalue weighted by Gasteiger charge is 2.30. The molecule has 1 aromatic rings. The predicted octanol–water partition coefficient (Wildman–Crippen LogP) is 2.57. The van der Waals surface area contributed by atoms with E-state index in [9.17, 15) is 0 Å². The Hall–Kier alpha value is -0.390. The SMILES string of the molecule is Clc1ncc(Br)c(N2CCC(N3CCCC3)C2)n1. The maximum Gasteiger partial charge on any atom is 0.224 e. The summed E-state index contributed by atoms with van der Waals surface area (Å²) in [5.41, 5.74) is 0. The third kappa shape index (κ3) is 2.49. The quantitative estimate of drug-likeness (QED) is 0.780. The smallest absolute Gasteiger partial charge is 0.224 e. The summed E-state index contributed by atoms with van der Waals surface area (Å²) < 4.78 is 0.925. The molecule has 0 amide bonds. The first-order valence-corrected chi connectivity index (χ1v) is 7.58. The fourth-order valence-electron chi connectivity index (χ4n) is 2.90. The molecule has 0 bridgehead atoms. The zero-order chi connectivity index (χ0) is 12.5. The maximum atomic E-state index is 5.88. The largest absolute Gasteiger partial charge is 0.354 e. The zero-order valence-electron chi connectivity index (χ0n) is 10.1. The molecular formula is C12H16BrClN4. The highest BCUT2D eigenvalue weighted by molar-refractivity contribution is 9.10. The van der Waals surface area contributed by atoms with E-state index in [1.165, 1.54) is 32.4 Å². The standard InChI is InChI=1S/C12H16BrClN4/c13-10-7-15-12(14)16-11(10)18-6-3-9(8-18)17-4-1-2-5-17/h7,9H,1-6,8H2. The lowest BCUT2D eigenvalue weighted by Crippen LogP contribution is -2.35. The van der Waals surface area contributed by atoms with Gasteiger partial charge in [0.1, 0.15) is 5.82 Å². The summed E-state index contributed by atoms with van der Waals surface area (Å²) >= 11 is 9.38. The van der Waals surface area contributed by atoms with Crippen molar-refractivity contribution in [3.63, 3.8) is 0 Å². The van der Waals surface area contributed by atoms with Gasteiger partial charge in [-0.15, -0.1) is 0 Å². The van der Waals surface area contributed by atoms with Crippen molar-refractivity contribution in [1.29, 1.82) is 0 Å². The van der Waals surface area contributed by atoms with Gasteiger partial charge in [0, 0.05) is 25.3 Å². The summed E-state index contributed by atoms with van der Waals surface area (Å²) in [5.74, 6) is 0.927. The number of anilines is 1. The molecule has 1 unspecified atom stereocenters. The minimum absolute atomic E-state index is 0.317. The van der Waals surface area contributed by atoms with Crippen LogP contribution in [0.15, 0.2) is 10.7 Å². The molecule has 18 heavy (non-hydrogen) atoms. The average molecular weight is 332 g/mol. The van der Waals surface area contributed by atoms with Crippen LogP contribution in [0.2, 0.25) is 5.28 Å². The van der Waals surface area contributed by atoms with Gasteiger partial charge >= 0.3 is 0 Å². The molecule has 3 rings (SSSR count). The Bertz CT molecular complexity index is 436. The molecule has 1 aromatic heterocycles. The van der Waals surface area contributed by atoms with Crippen molar-refractivity contribution >= 4 is 33.3 Å². The number of hydrogen-bond donors (Lipinski definition) is 0. The minimum Gasteiger partial charge on any atom is -0.354 e. The molecule has 3 heterocycles. The van der Waals surface area contributed by atoms with Gasteiger partial charge in [-0.25, -0.2) is 4.98 Å². The van der Waals surface area contributed by atoms with Crippen molar-refractivity contribution in [3.05, 3.63) is 16.0 Å². The summed E-state index contributed by atoms with van der Waals surface area (Å²) in [6.45, 7) is 4.60. The zero-order valence-corrected chi connectivity index (χ0v) is 12.5. The van der Waals surface area contributed by atoms with E-state index in [1.54, 1.807) is 6.20 Å². The van der Waals surface area contributed by atoms with Crippen LogP contribution < -0.4 is 4.90 Å². The molecule has 0 aromatic carbocycles. The third-order valence-electron chi connectivity index (χ3n) is 3.82. The van der Waals surface area contributed by atoms with Gasteiger partial charge in [-0.1, -0.05) is 0 Å². The van der Waals surface area contributed by atoms with Gasteiger partial charge in [0.15, 0.2) is 0 Å².